The second-order valence-electron chi connectivity index (χ2n) is 5.73. The van der Waals surface area contributed by atoms with Crippen molar-refractivity contribution >= 4 is 15.5 Å². The van der Waals surface area contributed by atoms with Gasteiger partial charge in [0, 0.05) is 23.7 Å². The van der Waals surface area contributed by atoms with Crippen molar-refractivity contribution in [3.05, 3.63) is 54.1 Å². The lowest BCUT2D eigenvalue weighted by atomic mass is 9.99. The Labute approximate surface area is 140 Å². The molecule has 0 unspecified atom stereocenters. The van der Waals surface area contributed by atoms with Gasteiger partial charge >= 0.3 is 0 Å². The van der Waals surface area contributed by atoms with E-state index in [4.69, 9.17) is 5.73 Å². The zero-order valence-electron chi connectivity index (χ0n) is 13.7. The summed E-state index contributed by atoms with van der Waals surface area (Å²) in [5, 5.41) is 0. The van der Waals surface area contributed by atoms with Gasteiger partial charge in [-0.25, -0.2) is 18.4 Å². The molecule has 0 aliphatic rings. The summed E-state index contributed by atoms with van der Waals surface area (Å²) < 4.78 is 24.9. The van der Waals surface area contributed by atoms with Crippen LogP contribution in [0.5, 0.6) is 0 Å². The molecule has 0 bridgehead atoms. The van der Waals surface area contributed by atoms with Gasteiger partial charge in [0.1, 0.15) is 12.1 Å². The minimum atomic E-state index is -3.27. The Morgan fingerprint density at radius 3 is 2.42 bits per heavy atom. The molecule has 0 saturated heterocycles. The van der Waals surface area contributed by atoms with E-state index in [1.165, 1.54) is 6.20 Å². The highest BCUT2D eigenvalue weighted by Crippen LogP contribution is 2.29. The molecule has 0 saturated carbocycles. The average Bonchev–Trinajstić information content (AvgIpc) is 3.01. The Bertz CT molecular complexity index is 1010. The maximum atomic E-state index is 11.6. The maximum absolute atomic E-state index is 11.6. The number of nitrogens with zero attached hydrogens (tertiary/aromatic N) is 3. The van der Waals surface area contributed by atoms with Crippen molar-refractivity contribution in [2.45, 2.75) is 18.7 Å². The molecule has 0 aliphatic heterocycles. The summed E-state index contributed by atoms with van der Waals surface area (Å²) in [6, 6.07) is 7.04. The lowest BCUT2D eigenvalue weighted by Gasteiger charge is -2.13. The number of aromatic nitrogens is 3. The van der Waals surface area contributed by atoms with E-state index in [1.54, 1.807) is 24.7 Å². The molecule has 24 heavy (non-hydrogen) atoms. The van der Waals surface area contributed by atoms with E-state index in [1.807, 2.05) is 30.5 Å². The molecule has 0 fully saturated rings. The van der Waals surface area contributed by atoms with E-state index >= 15 is 0 Å². The van der Waals surface area contributed by atoms with Crippen LogP contribution in [0.25, 0.3) is 17.1 Å². The number of anilines is 1. The molecule has 3 rings (SSSR count). The quantitative estimate of drug-likeness (QED) is 0.739. The fourth-order valence-electron chi connectivity index (χ4n) is 2.53. The third-order valence-corrected chi connectivity index (χ3v) is 5.24. The van der Waals surface area contributed by atoms with E-state index in [-0.39, 0.29) is 4.90 Å². The first-order chi connectivity index (χ1) is 11.3. The van der Waals surface area contributed by atoms with Gasteiger partial charge in [0.25, 0.3) is 0 Å². The van der Waals surface area contributed by atoms with Gasteiger partial charge in [0.15, 0.2) is 9.84 Å². The molecular formula is C17H18N4O2S. The molecule has 0 atom stereocenters. The summed E-state index contributed by atoms with van der Waals surface area (Å²) in [6.07, 6.45) is 5.93. The second kappa shape index (κ2) is 5.76. The molecule has 3 aromatic rings. The van der Waals surface area contributed by atoms with Crippen LogP contribution < -0.4 is 5.73 Å². The van der Waals surface area contributed by atoms with Gasteiger partial charge in [-0.15, -0.1) is 0 Å². The van der Waals surface area contributed by atoms with Crippen LogP contribution in [0.4, 0.5) is 5.69 Å². The first-order valence-corrected chi connectivity index (χ1v) is 9.23. The third-order valence-electron chi connectivity index (χ3n) is 4.14. The third kappa shape index (κ3) is 2.78. The number of nitrogen functional groups attached to an aromatic ring is 1. The van der Waals surface area contributed by atoms with Crippen molar-refractivity contribution < 1.29 is 8.42 Å². The molecule has 1 aromatic carbocycles. The highest BCUT2D eigenvalue weighted by atomic mass is 32.2. The largest absolute Gasteiger partial charge is 0.399 e. The van der Waals surface area contributed by atoms with E-state index in [2.05, 4.69) is 9.97 Å². The van der Waals surface area contributed by atoms with Crippen molar-refractivity contribution in [2.75, 3.05) is 12.0 Å². The van der Waals surface area contributed by atoms with Gasteiger partial charge in [0.2, 0.25) is 0 Å². The zero-order chi connectivity index (χ0) is 17.5. The van der Waals surface area contributed by atoms with Crippen LogP contribution in [0.3, 0.4) is 0 Å². The molecule has 6 nitrogen and oxygen atoms in total. The number of pyridine rings is 1. The predicted molar refractivity (Wildman–Crippen MR) is 93.8 cm³/mol. The molecule has 2 N–H and O–H groups in total. The smallest absolute Gasteiger partial charge is 0.177 e. The van der Waals surface area contributed by atoms with Crippen LogP contribution in [-0.4, -0.2) is 29.2 Å². The molecule has 0 aliphatic carbocycles. The number of sulfone groups is 1. The normalized spacial score (nSPS) is 11.6. The summed E-state index contributed by atoms with van der Waals surface area (Å²) in [5.74, 6) is 0.601. The number of nitrogens with two attached hydrogens (primary N) is 1. The fraction of sp³-hybridized carbons (Fsp3) is 0.176. The van der Waals surface area contributed by atoms with Gasteiger partial charge in [-0.2, -0.15) is 0 Å². The molecule has 124 valence electrons. The monoisotopic (exact) mass is 342 g/mol. The van der Waals surface area contributed by atoms with Crippen LogP contribution in [0.1, 0.15) is 11.1 Å². The number of imidazole rings is 1. The van der Waals surface area contributed by atoms with Gasteiger partial charge < -0.3 is 5.73 Å². The van der Waals surface area contributed by atoms with Gasteiger partial charge in [-0.3, -0.25) is 4.57 Å². The number of hydrogen-bond donors (Lipinski definition) is 1. The Hall–Kier alpha value is -2.67. The van der Waals surface area contributed by atoms with E-state index in [0.29, 0.717) is 5.82 Å². The molecule has 0 radical (unpaired) electrons. The Balaban J connectivity index is 2.11. The Morgan fingerprint density at radius 2 is 1.79 bits per heavy atom. The minimum Gasteiger partial charge on any atom is -0.399 e. The predicted octanol–water partition coefficient (Wildman–Crippen LogP) is 2.54. The number of rotatable bonds is 3. The minimum absolute atomic E-state index is 0.187. The number of hydrogen-bond acceptors (Lipinski definition) is 5. The molecular weight excluding hydrogens is 324 g/mol. The molecule has 2 aromatic heterocycles. The van der Waals surface area contributed by atoms with Crippen molar-refractivity contribution in [3.8, 4) is 17.1 Å². The summed E-state index contributed by atoms with van der Waals surface area (Å²) in [4.78, 5) is 8.66. The SMILES string of the molecule is Cc1c(N)ccc(-c2cncn2-c2ccc(S(C)(=O)=O)cn2)c1C. The maximum Gasteiger partial charge on any atom is 0.177 e. The first-order valence-electron chi connectivity index (χ1n) is 7.34. The van der Waals surface area contributed by atoms with E-state index in [9.17, 15) is 8.42 Å². The number of benzene rings is 1. The molecule has 0 spiro atoms. The lowest BCUT2D eigenvalue weighted by molar-refractivity contribution is 0.601. The average molecular weight is 342 g/mol. The fourth-order valence-corrected chi connectivity index (χ4v) is 3.09. The van der Waals surface area contributed by atoms with Crippen LogP contribution in [-0.2, 0) is 9.84 Å². The summed E-state index contributed by atoms with van der Waals surface area (Å²) in [6.45, 7) is 3.99. The van der Waals surface area contributed by atoms with Crippen molar-refractivity contribution in [2.24, 2.45) is 0 Å². The summed E-state index contributed by atoms with van der Waals surface area (Å²) in [7, 11) is -3.27. The highest BCUT2D eigenvalue weighted by Gasteiger charge is 2.14. The van der Waals surface area contributed by atoms with Crippen LogP contribution in [0, 0.1) is 13.8 Å². The van der Waals surface area contributed by atoms with Crippen molar-refractivity contribution in [3.63, 3.8) is 0 Å². The van der Waals surface area contributed by atoms with Gasteiger partial charge in [-0.05, 0) is 43.2 Å². The van der Waals surface area contributed by atoms with Crippen LogP contribution in [0.15, 0.2) is 47.9 Å². The van der Waals surface area contributed by atoms with Gasteiger partial charge in [0.05, 0.1) is 16.8 Å². The highest BCUT2D eigenvalue weighted by molar-refractivity contribution is 7.90. The lowest BCUT2D eigenvalue weighted by Crippen LogP contribution is -2.03. The van der Waals surface area contributed by atoms with E-state index < -0.39 is 9.84 Å². The summed E-state index contributed by atoms with van der Waals surface area (Å²) >= 11 is 0. The van der Waals surface area contributed by atoms with E-state index in [0.717, 1.165) is 34.3 Å². The Morgan fingerprint density at radius 1 is 1.04 bits per heavy atom. The summed E-state index contributed by atoms with van der Waals surface area (Å²) in [5.41, 5.74) is 10.7. The van der Waals surface area contributed by atoms with Gasteiger partial charge in [-0.1, -0.05) is 6.07 Å². The van der Waals surface area contributed by atoms with Crippen LogP contribution >= 0.6 is 0 Å². The van der Waals surface area contributed by atoms with Crippen molar-refractivity contribution in [1.82, 2.24) is 14.5 Å². The molecule has 2 heterocycles. The van der Waals surface area contributed by atoms with Crippen LogP contribution in [0.2, 0.25) is 0 Å². The Kier molecular flexibility index (Phi) is 3.88. The molecule has 0 amide bonds. The first kappa shape index (κ1) is 16.2. The topological polar surface area (TPSA) is 90.9 Å². The van der Waals surface area contributed by atoms with Crippen molar-refractivity contribution in [1.29, 1.82) is 0 Å². The second-order valence-corrected chi connectivity index (χ2v) is 7.74. The standard InChI is InChI=1S/C17H18N4O2S/c1-11-12(2)15(18)6-5-14(11)16-9-19-10-21(16)17-7-4-13(8-20-17)24(3,22)23/h4-10H,18H2,1-3H3. The zero-order valence-corrected chi connectivity index (χ0v) is 14.5. The molecule has 7 heteroatoms.